The molecule has 0 saturated heterocycles. The lowest BCUT2D eigenvalue weighted by Gasteiger charge is -2.34. The van der Waals surface area contributed by atoms with E-state index >= 15 is 0 Å². The van der Waals surface area contributed by atoms with Crippen LogP contribution in [0.25, 0.3) is 10.9 Å². The van der Waals surface area contributed by atoms with Crippen LogP contribution in [0.5, 0.6) is 0 Å². The van der Waals surface area contributed by atoms with Gasteiger partial charge in [0.1, 0.15) is 5.84 Å². The average Bonchev–Trinajstić information content (AvgIpc) is 2.84. The van der Waals surface area contributed by atoms with E-state index in [-0.39, 0.29) is 0 Å². The van der Waals surface area contributed by atoms with Gasteiger partial charge in [-0.1, -0.05) is 20.8 Å². The summed E-state index contributed by atoms with van der Waals surface area (Å²) in [6.45, 7) is 8.59. The number of aliphatic imine (C=N–C) groups is 1. The monoisotopic (exact) mass is 313 g/mol. The van der Waals surface area contributed by atoms with Crippen molar-refractivity contribution in [3.63, 3.8) is 0 Å². The Balaban J connectivity index is 2.17. The molecule has 2 heterocycles. The Bertz CT molecular complexity index is 739. The normalized spacial score (nSPS) is 14.4. The first-order chi connectivity index (χ1) is 11.1. The minimum atomic E-state index is 0.516. The Morgan fingerprint density at radius 3 is 2.61 bits per heavy atom. The lowest BCUT2D eigenvalue weighted by molar-refractivity contribution is 0.376. The number of hydrogen-bond donors (Lipinski definition) is 2. The van der Waals surface area contributed by atoms with Crippen molar-refractivity contribution in [1.82, 2.24) is 9.58 Å². The van der Waals surface area contributed by atoms with Crippen LogP contribution in [0.2, 0.25) is 0 Å². The molecular weight excluding hydrogens is 286 g/mol. The van der Waals surface area contributed by atoms with Crippen molar-refractivity contribution in [1.29, 1.82) is 0 Å². The molecule has 0 saturated carbocycles. The zero-order valence-electron chi connectivity index (χ0n) is 14.3. The summed E-state index contributed by atoms with van der Waals surface area (Å²) in [7, 11) is 0. The Hall–Kier alpha value is -2.17. The highest BCUT2D eigenvalue weighted by molar-refractivity contribution is 6.00. The number of nitrogen functional groups attached to an aromatic ring is 2. The Morgan fingerprint density at radius 1 is 1.22 bits per heavy atom. The third kappa shape index (κ3) is 2.54. The third-order valence-corrected chi connectivity index (χ3v) is 4.86. The lowest BCUT2D eigenvalue weighted by Crippen LogP contribution is -2.38. The summed E-state index contributed by atoms with van der Waals surface area (Å²) >= 11 is 0. The van der Waals surface area contributed by atoms with Gasteiger partial charge in [-0.3, -0.25) is 4.68 Å². The van der Waals surface area contributed by atoms with Gasteiger partial charge in [-0.25, -0.2) is 4.99 Å². The summed E-state index contributed by atoms with van der Waals surface area (Å²) in [4.78, 5) is 7.45. The maximum atomic E-state index is 6.20. The number of benzene rings is 1. The van der Waals surface area contributed by atoms with Crippen molar-refractivity contribution in [3.8, 4) is 0 Å². The van der Waals surface area contributed by atoms with Crippen molar-refractivity contribution in [2.75, 3.05) is 18.1 Å². The minimum Gasteiger partial charge on any atom is -0.397 e. The summed E-state index contributed by atoms with van der Waals surface area (Å²) in [6.07, 6.45) is 5.13. The van der Waals surface area contributed by atoms with Crippen LogP contribution in [0.1, 0.15) is 45.6 Å². The van der Waals surface area contributed by atoms with E-state index in [9.17, 15) is 0 Å². The molecule has 0 bridgehead atoms. The fourth-order valence-corrected chi connectivity index (χ4v) is 3.64. The average molecular weight is 313 g/mol. The van der Waals surface area contributed by atoms with Gasteiger partial charge in [0.05, 0.1) is 16.9 Å². The van der Waals surface area contributed by atoms with Crippen LogP contribution in [0.3, 0.4) is 0 Å². The van der Waals surface area contributed by atoms with E-state index in [1.807, 2.05) is 6.07 Å². The fourth-order valence-electron chi connectivity index (χ4n) is 3.64. The summed E-state index contributed by atoms with van der Waals surface area (Å²) in [5.74, 6) is 7.76. The molecule has 0 aliphatic carbocycles. The molecule has 4 N–H and O–H groups in total. The predicted octanol–water partition coefficient (Wildman–Crippen LogP) is 3.63. The van der Waals surface area contributed by atoms with Gasteiger partial charge in [-0.15, -0.1) is 0 Å². The van der Waals surface area contributed by atoms with Crippen molar-refractivity contribution >= 4 is 28.1 Å². The lowest BCUT2D eigenvalue weighted by atomic mass is 9.97. The van der Waals surface area contributed by atoms with Crippen LogP contribution in [0.15, 0.2) is 23.3 Å². The third-order valence-electron chi connectivity index (χ3n) is 4.86. The molecule has 3 rings (SSSR count). The molecule has 0 unspecified atom stereocenters. The molecule has 1 aliphatic heterocycles. The highest BCUT2D eigenvalue weighted by atomic mass is 15.3. The van der Waals surface area contributed by atoms with E-state index < -0.39 is 0 Å². The molecule has 23 heavy (non-hydrogen) atoms. The predicted molar refractivity (Wildman–Crippen MR) is 98.4 cm³/mol. The second kappa shape index (κ2) is 6.14. The van der Waals surface area contributed by atoms with Gasteiger partial charge in [-0.2, -0.15) is 0 Å². The number of anilines is 1. The number of fused-ring (bicyclic) bond motifs is 3. The smallest absolute Gasteiger partial charge is 0.108 e. The highest BCUT2D eigenvalue weighted by Crippen LogP contribution is 2.37. The van der Waals surface area contributed by atoms with Crippen molar-refractivity contribution in [2.45, 2.75) is 46.6 Å². The second-order valence-corrected chi connectivity index (χ2v) is 6.35. The molecule has 0 radical (unpaired) electrons. The van der Waals surface area contributed by atoms with Gasteiger partial charge in [0.25, 0.3) is 0 Å². The standard InChI is InChI=1S/C18H27N5/c1-4-9-22-10-13-15(21-18(22)12(5-2)6-3)7-8-16-17(13)14(19)11-23(16)20/h7-8,11-12H,4-6,9-10,19-20H2,1-3H3. The summed E-state index contributed by atoms with van der Waals surface area (Å²) in [6, 6.07) is 4.10. The second-order valence-electron chi connectivity index (χ2n) is 6.35. The first kappa shape index (κ1) is 15.7. The Kier molecular flexibility index (Phi) is 4.20. The molecular formula is C18H27N5. The number of amidine groups is 1. The summed E-state index contributed by atoms with van der Waals surface area (Å²) < 4.78 is 1.61. The van der Waals surface area contributed by atoms with E-state index in [0.29, 0.717) is 5.92 Å². The molecule has 124 valence electrons. The molecule has 1 aromatic carbocycles. The SMILES string of the molecule is CCCN1Cc2c(ccc3c2c(N)cn3N)N=C1C(CC)CC. The quantitative estimate of drug-likeness (QED) is 0.828. The summed E-state index contributed by atoms with van der Waals surface area (Å²) in [5, 5.41) is 1.05. The van der Waals surface area contributed by atoms with Crippen LogP contribution in [0.4, 0.5) is 11.4 Å². The van der Waals surface area contributed by atoms with E-state index in [4.69, 9.17) is 16.6 Å². The number of hydrogen-bond acceptors (Lipinski definition) is 4. The zero-order chi connectivity index (χ0) is 16.6. The largest absolute Gasteiger partial charge is 0.397 e. The molecule has 0 fully saturated rings. The van der Waals surface area contributed by atoms with Crippen LogP contribution < -0.4 is 11.6 Å². The molecule has 2 aromatic rings. The molecule has 0 amide bonds. The Morgan fingerprint density at radius 2 is 1.96 bits per heavy atom. The van der Waals surface area contributed by atoms with E-state index in [2.05, 4.69) is 31.7 Å². The molecule has 0 atom stereocenters. The van der Waals surface area contributed by atoms with E-state index in [0.717, 1.165) is 54.6 Å². The van der Waals surface area contributed by atoms with Crippen LogP contribution >= 0.6 is 0 Å². The van der Waals surface area contributed by atoms with Gasteiger partial charge in [0, 0.05) is 36.2 Å². The highest BCUT2D eigenvalue weighted by Gasteiger charge is 2.26. The van der Waals surface area contributed by atoms with Gasteiger partial charge in [0.15, 0.2) is 0 Å². The molecule has 5 heteroatoms. The van der Waals surface area contributed by atoms with Crippen molar-refractivity contribution in [2.24, 2.45) is 10.9 Å². The van der Waals surface area contributed by atoms with Gasteiger partial charge in [0.2, 0.25) is 0 Å². The number of nitrogens with two attached hydrogens (primary N) is 2. The first-order valence-electron chi connectivity index (χ1n) is 8.61. The van der Waals surface area contributed by atoms with Crippen molar-refractivity contribution in [3.05, 3.63) is 23.9 Å². The van der Waals surface area contributed by atoms with Gasteiger partial charge >= 0.3 is 0 Å². The van der Waals surface area contributed by atoms with Crippen LogP contribution in [-0.4, -0.2) is 22.0 Å². The van der Waals surface area contributed by atoms with Crippen LogP contribution in [-0.2, 0) is 6.54 Å². The minimum absolute atomic E-state index is 0.516. The Labute approximate surface area is 137 Å². The van der Waals surface area contributed by atoms with Gasteiger partial charge < -0.3 is 16.5 Å². The van der Waals surface area contributed by atoms with Gasteiger partial charge in [-0.05, 0) is 31.4 Å². The number of aromatic nitrogens is 1. The molecule has 0 spiro atoms. The van der Waals surface area contributed by atoms with Crippen molar-refractivity contribution < 1.29 is 0 Å². The maximum absolute atomic E-state index is 6.20. The molecule has 5 nitrogen and oxygen atoms in total. The maximum Gasteiger partial charge on any atom is 0.108 e. The molecule has 1 aromatic heterocycles. The topological polar surface area (TPSA) is 72.6 Å². The van der Waals surface area contributed by atoms with Crippen LogP contribution in [0, 0.1) is 5.92 Å². The number of rotatable bonds is 5. The molecule has 1 aliphatic rings. The fraction of sp³-hybridized carbons (Fsp3) is 0.500. The first-order valence-corrected chi connectivity index (χ1v) is 8.61. The van der Waals surface area contributed by atoms with E-state index in [1.165, 1.54) is 11.4 Å². The van der Waals surface area contributed by atoms with E-state index in [1.54, 1.807) is 10.9 Å². The summed E-state index contributed by atoms with van der Waals surface area (Å²) in [5.41, 5.74) is 10.2. The zero-order valence-corrected chi connectivity index (χ0v) is 14.3. The number of nitrogens with zero attached hydrogens (tertiary/aromatic N) is 3.